The van der Waals surface area contributed by atoms with Crippen LogP contribution in [0.4, 0.5) is 0 Å². The van der Waals surface area contributed by atoms with Gasteiger partial charge in [0.1, 0.15) is 0 Å². The van der Waals surface area contributed by atoms with Crippen molar-refractivity contribution in [1.82, 2.24) is 5.32 Å². The van der Waals surface area contributed by atoms with Gasteiger partial charge in [0.2, 0.25) is 0 Å². The number of hydrogen-bond donors (Lipinski definition) is 1. The first-order valence-corrected chi connectivity index (χ1v) is 7.20. The van der Waals surface area contributed by atoms with Crippen LogP contribution in [0.1, 0.15) is 44.7 Å². The van der Waals surface area contributed by atoms with Gasteiger partial charge in [0.05, 0.1) is 12.5 Å². The van der Waals surface area contributed by atoms with Crippen LogP contribution in [0.25, 0.3) is 0 Å². The zero-order chi connectivity index (χ0) is 13.7. The molecule has 0 aromatic heterocycles. The van der Waals surface area contributed by atoms with Gasteiger partial charge in [0.15, 0.2) is 0 Å². The molecule has 0 bridgehead atoms. The highest BCUT2D eigenvalue weighted by Gasteiger charge is 2.34. The smallest absolute Gasteiger partial charge is 0.310 e. The fourth-order valence-corrected chi connectivity index (χ4v) is 2.85. The van der Waals surface area contributed by atoms with Crippen LogP contribution in [0, 0.1) is 5.92 Å². The number of ether oxygens (including phenoxy) is 1. The fraction of sp³-hybridized carbons (Fsp3) is 0.562. The summed E-state index contributed by atoms with van der Waals surface area (Å²) in [6, 6.07) is 10.9. The molecule has 2 rings (SSSR count). The molecule has 0 unspecified atom stereocenters. The standard InChI is InChI=1S/C16H23NO2/c1-3-19-16(18)14-10-7-11-15(14)17-12(2)13-8-5-4-6-9-13/h4-6,8-9,12,14-15,17H,3,7,10-11H2,1-2H3/t12-,14-,15-/m0/s1. The quantitative estimate of drug-likeness (QED) is 0.828. The van der Waals surface area contributed by atoms with Gasteiger partial charge < -0.3 is 10.1 Å². The molecule has 104 valence electrons. The number of carbonyl (C=O) groups excluding carboxylic acids is 1. The van der Waals surface area contributed by atoms with Crippen LogP contribution in [0.3, 0.4) is 0 Å². The van der Waals surface area contributed by atoms with E-state index >= 15 is 0 Å². The first-order chi connectivity index (χ1) is 9.22. The summed E-state index contributed by atoms with van der Waals surface area (Å²) in [5.41, 5.74) is 1.26. The summed E-state index contributed by atoms with van der Waals surface area (Å²) < 4.78 is 5.16. The number of hydrogen-bond acceptors (Lipinski definition) is 3. The van der Waals surface area contributed by atoms with Gasteiger partial charge in [-0.1, -0.05) is 36.8 Å². The molecule has 1 aliphatic carbocycles. The van der Waals surface area contributed by atoms with Crippen molar-refractivity contribution in [2.24, 2.45) is 5.92 Å². The largest absolute Gasteiger partial charge is 0.466 e. The Bertz CT molecular complexity index is 404. The van der Waals surface area contributed by atoms with Crippen molar-refractivity contribution in [2.45, 2.75) is 45.2 Å². The van der Waals surface area contributed by atoms with E-state index in [0.717, 1.165) is 19.3 Å². The number of esters is 1. The molecule has 0 amide bonds. The Hall–Kier alpha value is -1.35. The molecule has 1 N–H and O–H groups in total. The maximum Gasteiger partial charge on any atom is 0.310 e. The molecule has 1 fully saturated rings. The monoisotopic (exact) mass is 261 g/mol. The minimum atomic E-state index is -0.0437. The predicted molar refractivity (Wildman–Crippen MR) is 75.8 cm³/mol. The molecule has 0 radical (unpaired) electrons. The second kappa shape index (κ2) is 6.71. The summed E-state index contributed by atoms with van der Waals surface area (Å²) in [5, 5.41) is 3.58. The molecule has 0 saturated heterocycles. The lowest BCUT2D eigenvalue weighted by molar-refractivity contribution is -0.148. The Labute approximate surface area is 115 Å². The minimum Gasteiger partial charge on any atom is -0.466 e. The van der Waals surface area contributed by atoms with Gasteiger partial charge in [-0.25, -0.2) is 0 Å². The zero-order valence-corrected chi connectivity index (χ0v) is 11.8. The highest BCUT2D eigenvalue weighted by molar-refractivity contribution is 5.73. The second-order valence-electron chi connectivity index (χ2n) is 5.19. The first-order valence-electron chi connectivity index (χ1n) is 7.20. The van der Waals surface area contributed by atoms with E-state index in [0.29, 0.717) is 6.61 Å². The van der Waals surface area contributed by atoms with E-state index in [1.165, 1.54) is 5.56 Å². The van der Waals surface area contributed by atoms with Crippen molar-refractivity contribution >= 4 is 5.97 Å². The van der Waals surface area contributed by atoms with E-state index in [-0.39, 0.29) is 24.0 Å². The number of rotatable bonds is 5. The Morgan fingerprint density at radius 1 is 1.37 bits per heavy atom. The lowest BCUT2D eigenvalue weighted by atomic mass is 10.0. The van der Waals surface area contributed by atoms with Crippen molar-refractivity contribution < 1.29 is 9.53 Å². The summed E-state index contributed by atoms with van der Waals surface area (Å²) in [6.45, 7) is 4.48. The third-order valence-electron chi connectivity index (χ3n) is 3.87. The van der Waals surface area contributed by atoms with Gasteiger partial charge in [-0.15, -0.1) is 0 Å². The highest BCUT2D eigenvalue weighted by atomic mass is 16.5. The molecular weight excluding hydrogens is 238 g/mol. The Morgan fingerprint density at radius 3 is 2.79 bits per heavy atom. The second-order valence-corrected chi connectivity index (χ2v) is 5.19. The van der Waals surface area contributed by atoms with E-state index < -0.39 is 0 Å². The van der Waals surface area contributed by atoms with Gasteiger partial charge in [-0.05, 0) is 32.3 Å². The van der Waals surface area contributed by atoms with Crippen LogP contribution in [0.2, 0.25) is 0 Å². The fourth-order valence-electron chi connectivity index (χ4n) is 2.85. The molecule has 1 saturated carbocycles. The third-order valence-corrected chi connectivity index (χ3v) is 3.87. The number of nitrogens with one attached hydrogen (secondary N) is 1. The Kier molecular flexibility index (Phi) is 4.97. The van der Waals surface area contributed by atoms with Gasteiger partial charge in [-0.3, -0.25) is 4.79 Å². The molecule has 0 heterocycles. The first kappa shape index (κ1) is 14.1. The van der Waals surface area contributed by atoms with E-state index in [2.05, 4.69) is 24.4 Å². The molecule has 19 heavy (non-hydrogen) atoms. The van der Waals surface area contributed by atoms with Gasteiger partial charge in [-0.2, -0.15) is 0 Å². The van der Waals surface area contributed by atoms with Crippen LogP contribution >= 0.6 is 0 Å². The normalized spacial score (nSPS) is 24.1. The van der Waals surface area contributed by atoms with Crippen molar-refractivity contribution in [3.05, 3.63) is 35.9 Å². The van der Waals surface area contributed by atoms with E-state index in [9.17, 15) is 4.79 Å². The molecule has 1 aromatic carbocycles. The summed E-state index contributed by atoms with van der Waals surface area (Å²) >= 11 is 0. The highest BCUT2D eigenvalue weighted by Crippen LogP contribution is 2.29. The molecule has 1 aromatic rings. The van der Waals surface area contributed by atoms with E-state index in [1.54, 1.807) is 0 Å². The topological polar surface area (TPSA) is 38.3 Å². The van der Waals surface area contributed by atoms with Gasteiger partial charge >= 0.3 is 5.97 Å². The summed E-state index contributed by atoms with van der Waals surface area (Å²) in [5.74, 6) is -0.0242. The SMILES string of the molecule is CCOC(=O)[C@H]1CCC[C@@H]1N[C@@H](C)c1ccccc1. The van der Waals surface area contributed by atoms with E-state index in [1.807, 2.05) is 25.1 Å². The minimum absolute atomic E-state index is 0.0195. The zero-order valence-electron chi connectivity index (χ0n) is 11.8. The third kappa shape index (κ3) is 3.57. The van der Waals surface area contributed by atoms with Crippen molar-refractivity contribution in [3.8, 4) is 0 Å². The van der Waals surface area contributed by atoms with Gasteiger partial charge in [0.25, 0.3) is 0 Å². The maximum atomic E-state index is 11.9. The average molecular weight is 261 g/mol. The molecule has 3 atom stereocenters. The van der Waals surface area contributed by atoms with Gasteiger partial charge in [0, 0.05) is 12.1 Å². The molecule has 3 heteroatoms. The van der Waals surface area contributed by atoms with E-state index in [4.69, 9.17) is 4.74 Å². The van der Waals surface area contributed by atoms with Crippen LogP contribution in [0.5, 0.6) is 0 Å². The predicted octanol–water partition coefficient (Wildman–Crippen LogP) is 3.07. The maximum absolute atomic E-state index is 11.9. The molecule has 0 aliphatic heterocycles. The van der Waals surface area contributed by atoms with Crippen molar-refractivity contribution in [3.63, 3.8) is 0 Å². The summed E-state index contributed by atoms with van der Waals surface area (Å²) in [6.07, 6.45) is 3.10. The summed E-state index contributed by atoms with van der Waals surface area (Å²) in [4.78, 5) is 11.9. The van der Waals surface area contributed by atoms with Crippen molar-refractivity contribution in [1.29, 1.82) is 0 Å². The lowest BCUT2D eigenvalue weighted by Gasteiger charge is -2.24. The van der Waals surface area contributed by atoms with Crippen molar-refractivity contribution in [2.75, 3.05) is 6.61 Å². The Balaban J connectivity index is 1.96. The molecule has 3 nitrogen and oxygen atoms in total. The Morgan fingerprint density at radius 2 is 2.11 bits per heavy atom. The molecule has 0 spiro atoms. The van der Waals surface area contributed by atoms with Crippen LogP contribution in [0.15, 0.2) is 30.3 Å². The number of carbonyl (C=O) groups is 1. The summed E-state index contributed by atoms with van der Waals surface area (Å²) in [7, 11) is 0. The molecule has 1 aliphatic rings. The lowest BCUT2D eigenvalue weighted by Crippen LogP contribution is -2.38. The van der Waals surface area contributed by atoms with Crippen LogP contribution in [-0.2, 0) is 9.53 Å². The number of benzene rings is 1. The van der Waals surface area contributed by atoms with Crippen LogP contribution < -0.4 is 5.32 Å². The molecular formula is C16H23NO2. The van der Waals surface area contributed by atoms with Crippen LogP contribution in [-0.4, -0.2) is 18.6 Å². The average Bonchev–Trinajstić information content (AvgIpc) is 2.88.